The molecule has 1 N–H and O–H groups in total. The minimum atomic E-state index is -0.336. The zero-order chi connectivity index (χ0) is 24.2. The first kappa shape index (κ1) is 23.2. The van der Waals surface area contributed by atoms with Crippen LogP contribution in [0.25, 0.3) is 17.4 Å². The quantitative estimate of drug-likeness (QED) is 0.425. The number of hydrogen-bond donors (Lipinski definition) is 1. The van der Waals surface area contributed by atoms with Crippen LogP contribution < -0.4 is 10.1 Å². The van der Waals surface area contributed by atoms with E-state index in [2.05, 4.69) is 25.3 Å². The van der Waals surface area contributed by atoms with Crippen molar-refractivity contribution < 1.29 is 13.9 Å². The molecule has 0 radical (unpaired) electrons. The number of aryl methyl sites for hydroxylation is 3. The maximum Gasteiger partial charge on any atom is 0.263 e. The number of hydrogen-bond acceptors (Lipinski definition) is 7. The highest BCUT2D eigenvalue weighted by Crippen LogP contribution is 2.23. The molecule has 0 fully saturated rings. The molecular formula is C25H28N6O3. The van der Waals surface area contributed by atoms with Gasteiger partial charge in [-0.1, -0.05) is 12.1 Å². The second-order valence-corrected chi connectivity index (χ2v) is 8.41. The lowest BCUT2D eigenvalue weighted by Gasteiger charge is -2.12. The van der Waals surface area contributed by atoms with Crippen LogP contribution in [-0.2, 0) is 11.3 Å². The molecule has 1 aromatic carbocycles. The molecule has 176 valence electrons. The Balaban J connectivity index is 1.54. The average Bonchev–Trinajstić information content (AvgIpc) is 3.36. The van der Waals surface area contributed by atoms with E-state index in [1.807, 2.05) is 71.3 Å². The summed E-state index contributed by atoms with van der Waals surface area (Å²) in [7, 11) is 4.00. The van der Waals surface area contributed by atoms with Crippen molar-refractivity contribution in [2.24, 2.45) is 0 Å². The predicted molar refractivity (Wildman–Crippen MR) is 129 cm³/mol. The fraction of sp³-hybridized carbons (Fsp3) is 0.280. The predicted octanol–water partition coefficient (Wildman–Crippen LogP) is 3.93. The Morgan fingerprint density at radius 1 is 1.09 bits per heavy atom. The largest absolute Gasteiger partial charge is 0.484 e. The van der Waals surface area contributed by atoms with E-state index in [1.165, 1.54) is 0 Å². The molecular weight excluding hydrogens is 432 g/mol. The van der Waals surface area contributed by atoms with Crippen molar-refractivity contribution in [1.82, 2.24) is 24.6 Å². The third kappa shape index (κ3) is 5.68. The summed E-state index contributed by atoms with van der Waals surface area (Å²) in [6.45, 7) is 6.33. The fourth-order valence-corrected chi connectivity index (χ4v) is 3.56. The molecule has 3 aromatic heterocycles. The van der Waals surface area contributed by atoms with Crippen LogP contribution in [0.2, 0.25) is 0 Å². The normalized spacial score (nSPS) is 11.1. The molecule has 9 heteroatoms. The molecule has 9 nitrogen and oxygen atoms in total. The lowest BCUT2D eigenvalue weighted by Crippen LogP contribution is -2.21. The van der Waals surface area contributed by atoms with Crippen molar-refractivity contribution in [2.75, 3.05) is 26.0 Å². The van der Waals surface area contributed by atoms with Gasteiger partial charge in [0.15, 0.2) is 24.0 Å². The Morgan fingerprint density at radius 3 is 2.59 bits per heavy atom. The number of carbonyl (C=O) groups is 1. The number of ether oxygens (including phenoxy) is 1. The Kier molecular flexibility index (Phi) is 6.74. The van der Waals surface area contributed by atoms with Crippen LogP contribution in [-0.4, -0.2) is 51.3 Å². The first-order valence-electron chi connectivity index (χ1n) is 10.9. The second kappa shape index (κ2) is 9.88. The summed E-state index contributed by atoms with van der Waals surface area (Å²) >= 11 is 0. The van der Waals surface area contributed by atoms with Crippen LogP contribution in [0, 0.1) is 20.8 Å². The third-order valence-corrected chi connectivity index (χ3v) is 4.93. The van der Waals surface area contributed by atoms with Crippen molar-refractivity contribution in [2.45, 2.75) is 27.3 Å². The number of aromatic nitrogens is 4. The van der Waals surface area contributed by atoms with E-state index >= 15 is 0 Å². The molecule has 0 atom stereocenters. The van der Waals surface area contributed by atoms with Crippen LogP contribution >= 0.6 is 0 Å². The molecule has 0 unspecified atom stereocenters. The molecule has 34 heavy (non-hydrogen) atoms. The van der Waals surface area contributed by atoms with E-state index in [0.29, 0.717) is 29.0 Å². The van der Waals surface area contributed by atoms with Gasteiger partial charge in [0.25, 0.3) is 5.91 Å². The van der Waals surface area contributed by atoms with Crippen molar-refractivity contribution in [3.8, 4) is 23.2 Å². The van der Waals surface area contributed by atoms with Crippen LogP contribution in [0.1, 0.15) is 22.7 Å². The van der Waals surface area contributed by atoms with Gasteiger partial charge in [-0.05, 0) is 70.8 Å². The molecule has 1 amide bonds. The van der Waals surface area contributed by atoms with Crippen molar-refractivity contribution in [3.05, 3.63) is 71.2 Å². The molecule has 4 rings (SSSR count). The van der Waals surface area contributed by atoms with Crippen LogP contribution in [0.4, 0.5) is 5.82 Å². The van der Waals surface area contributed by atoms with Crippen LogP contribution in [0.3, 0.4) is 0 Å². The standard InChI is InChI=1S/C25H28N6O3/c1-16-11-17(2)31(29-16)23-13-22(27-25(28-23)21-10-9-18(3)34-21)26-24(32)15-33-20-8-6-7-19(12-20)14-30(4)5/h6-13H,14-15H2,1-5H3,(H,26,27,28,32). The molecule has 0 aliphatic rings. The number of nitrogens with zero attached hydrogens (tertiary/aromatic N) is 5. The number of amides is 1. The third-order valence-electron chi connectivity index (χ3n) is 4.93. The van der Waals surface area contributed by atoms with Gasteiger partial charge in [0.2, 0.25) is 0 Å². The monoisotopic (exact) mass is 460 g/mol. The first-order valence-corrected chi connectivity index (χ1v) is 10.9. The van der Waals surface area contributed by atoms with Gasteiger partial charge in [-0.3, -0.25) is 4.79 Å². The molecule has 0 spiro atoms. The summed E-state index contributed by atoms with van der Waals surface area (Å²) < 4.78 is 13.1. The number of rotatable bonds is 8. The van der Waals surface area contributed by atoms with Gasteiger partial charge >= 0.3 is 0 Å². The summed E-state index contributed by atoms with van der Waals surface area (Å²) in [5, 5.41) is 7.31. The van der Waals surface area contributed by atoms with Crippen molar-refractivity contribution in [3.63, 3.8) is 0 Å². The van der Waals surface area contributed by atoms with E-state index in [4.69, 9.17) is 9.15 Å². The van der Waals surface area contributed by atoms with Gasteiger partial charge in [-0.25, -0.2) is 14.6 Å². The fourth-order valence-electron chi connectivity index (χ4n) is 3.56. The number of nitrogens with one attached hydrogen (secondary N) is 1. The van der Waals surface area contributed by atoms with Gasteiger partial charge < -0.3 is 19.4 Å². The summed E-state index contributed by atoms with van der Waals surface area (Å²) in [4.78, 5) is 23.8. The molecule has 0 aliphatic carbocycles. The molecule has 0 saturated heterocycles. The topological polar surface area (TPSA) is 98.3 Å². The Morgan fingerprint density at radius 2 is 1.91 bits per heavy atom. The molecule has 0 bridgehead atoms. The molecule has 0 saturated carbocycles. The highest BCUT2D eigenvalue weighted by Gasteiger charge is 2.15. The van der Waals surface area contributed by atoms with Gasteiger partial charge in [0.05, 0.1) is 5.69 Å². The number of anilines is 1. The zero-order valence-corrected chi connectivity index (χ0v) is 20.0. The summed E-state index contributed by atoms with van der Waals surface area (Å²) in [5.74, 6) is 2.75. The number of furan rings is 1. The average molecular weight is 461 g/mol. The Bertz CT molecular complexity index is 1310. The van der Waals surface area contributed by atoms with Gasteiger partial charge in [-0.15, -0.1) is 0 Å². The van der Waals surface area contributed by atoms with Gasteiger partial charge in [-0.2, -0.15) is 5.10 Å². The zero-order valence-electron chi connectivity index (χ0n) is 20.0. The smallest absolute Gasteiger partial charge is 0.263 e. The summed E-state index contributed by atoms with van der Waals surface area (Å²) in [6.07, 6.45) is 0. The van der Waals surface area contributed by atoms with Gasteiger partial charge in [0, 0.05) is 18.3 Å². The Hall–Kier alpha value is -3.98. The number of carbonyl (C=O) groups excluding carboxylic acids is 1. The minimum absolute atomic E-state index is 0.153. The van der Waals surface area contributed by atoms with E-state index in [9.17, 15) is 4.79 Å². The lowest BCUT2D eigenvalue weighted by atomic mass is 10.2. The molecule has 3 heterocycles. The summed E-state index contributed by atoms with van der Waals surface area (Å²) in [5.41, 5.74) is 2.88. The highest BCUT2D eigenvalue weighted by molar-refractivity contribution is 5.91. The lowest BCUT2D eigenvalue weighted by molar-refractivity contribution is -0.118. The maximum absolute atomic E-state index is 12.7. The molecule has 0 aliphatic heterocycles. The van der Waals surface area contributed by atoms with E-state index < -0.39 is 0 Å². The highest BCUT2D eigenvalue weighted by atomic mass is 16.5. The maximum atomic E-state index is 12.7. The van der Waals surface area contributed by atoms with Gasteiger partial charge in [0.1, 0.15) is 17.3 Å². The Labute approximate surface area is 198 Å². The van der Waals surface area contributed by atoms with E-state index in [1.54, 1.807) is 16.8 Å². The number of benzene rings is 1. The van der Waals surface area contributed by atoms with Crippen molar-refractivity contribution >= 4 is 11.7 Å². The summed E-state index contributed by atoms with van der Waals surface area (Å²) in [6, 6.07) is 15.0. The van der Waals surface area contributed by atoms with E-state index in [-0.39, 0.29) is 12.5 Å². The SMILES string of the molecule is Cc1cc(C)n(-c2cc(NC(=O)COc3cccc(CN(C)C)c3)nc(-c3ccc(C)o3)n2)n1. The minimum Gasteiger partial charge on any atom is -0.484 e. The van der Waals surface area contributed by atoms with E-state index in [0.717, 1.165) is 29.3 Å². The molecule has 4 aromatic rings. The van der Waals surface area contributed by atoms with Crippen LogP contribution in [0.15, 0.2) is 52.9 Å². The van der Waals surface area contributed by atoms with Crippen LogP contribution in [0.5, 0.6) is 5.75 Å². The first-order chi connectivity index (χ1) is 16.3. The van der Waals surface area contributed by atoms with Crippen molar-refractivity contribution in [1.29, 1.82) is 0 Å². The second-order valence-electron chi connectivity index (χ2n) is 8.41.